The molecule has 11 heavy (non-hydrogen) atoms. The molecule has 0 aliphatic heterocycles. The van der Waals surface area contributed by atoms with E-state index in [9.17, 15) is 9.18 Å². The van der Waals surface area contributed by atoms with Crippen LogP contribution < -0.4 is 17.4 Å². The molecule has 0 amide bonds. The molecule has 1 heterocycles. The van der Waals surface area contributed by atoms with Crippen molar-refractivity contribution in [3.8, 4) is 0 Å². The van der Waals surface area contributed by atoms with Crippen LogP contribution in [0.2, 0.25) is 0 Å². The summed E-state index contributed by atoms with van der Waals surface area (Å²) in [4.78, 5) is 12.8. The van der Waals surface area contributed by atoms with Crippen molar-refractivity contribution in [1.82, 2.24) is 0 Å². The summed E-state index contributed by atoms with van der Waals surface area (Å²) < 4.78 is 12.3. The highest BCUT2D eigenvalue weighted by Gasteiger charge is 2.05. The second-order valence-corrected chi connectivity index (χ2v) is 2.06. The van der Waals surface area contributed by atoms with Gasteiger partial charge in [0.2, 0.25) is 6.20 Å². The lowest BCUT2D eigenvalue weighted by atomic mass is 10.3. The Morgan fingerprint density at radius 1 is 1.55 bits per heavy atom. The fourth-order valence-electron chi connectivity index (χ4n) is 0.556. The van der Waals surface area contributed by atoms with E-state index >= 15 is 0 Å². The summed E-state index contributed by atoms with van der Waals surface area (Å²) in [5.74, 6) is -0.508. The van der Waals surface area contributed by atoms with Crippen molar-refractivity contribution in [3.63, 3.8) is 0 Å². The molecule has 0 saturated heterocycles. The van der Waals surface area contributed by atoms with Gasteiger partial charge >= 0.3 is 0 Å². The van der Waals surface area contributed by atoms with Crippen molar-refractivity contribution in [2.45, 2.75) is 0 Å². The molecule has 0 fully saturated rings. The van der Waals surface area contributed by atoms with E-state index in [1.165, 1.54) is 6.20 Å². The van der Waals surface area contributed by atoms with Gasteiger partial charge in [-0.3, -0.25) is 4.79 Å². The molecule has 0 atom stereocenters. The molecule has 1 aromatic heterocycles. The van der Waals surface area contributed by atoms with Gasteiger partial charge in [-0.25, -0.2) is 9.37 Å². The van der Waals surface area contributed by atoms with Crippen LogP contribution in [0.4, 0.5) is 4.39 Å². The monoisotopic (exact) mass is 195 g/mol. The molecular formula is C6H4Cl2FNO. The minimum absolute atomic E-state index is 0. The van der Waals surface area contributed by atoms with Crippen molar-refractivity contribution in [1.29, 1.82) is 0 Å². The Morgan fingerprint density at radius 2 is 2.18 bits per heavy atom. The Bertz CT molecular complexity index is 267. The maximum Gasteiger partial charge on any atom is 0.258 e. The fraction of sp³-hybridized carbons (Fsp3) is 0. The molecular weight excluding hydrogens is 192 g/mol. The van der Waals surface area contributed by atoms with Crippen LogP contribution >= 0.6 is 11.6 Å². The number of halogens is 3. The highest BCUT2D eigenvalue weighted by molar-refractivity contribution is 6.67. The van der Waals surface area contributed by atoms with Crippen molar-refractivity contribution in [2.75, 3.05) is 0 Å². The Balaban J connectivity index is 0.000001000. The van der Waals surface area contributed by atoms with E-state index in [1.807, 2.05) is 0 Å². The Morgan fingerprint density at radius 3 is 2.55 bits per heavy atom. The third kappa shape index (κ3) is 2.82. The maximum absolute atomic E-state index is 12.3. The molecule has 1 aromatic rings. The van der Waals surface area contributed by atoms with Gasteiger partial charge in [-0.05, 0) is 17.7 Å². The SMILES string of the molecule is O=C(Cl)c1c[nH+]cc(F)c1.[Cl-]. The van der Waals surface area contributed by atoms with Crippen LogP contribution in [0.1, 0.15) is 10.4 Å². The lowest BCUT2D eigenvalue weighted by molar-refractivity contribution is -0.380. The lowest BCUT2D eigenvalue weighted by Gasteiger charge is -1.85. The molecule has 0 bridgehead atoms. The topological polar surface area (TPSA) is 31.2 Å². The Hall–Kier alpha value is -0.670. The van der Waals surface area contributed by atoms with Crippen LogP contribution in [-0.2, 0) is 0 Å². The van der Waals surface area contributed by atoms with Gasteiger partial charge in [0.1, 0.15) is 5.56 Å². The number of H-pyrrole nitrogens is 1. The minimum atomic E-state index is -0.671. The van der Waals surface area contributed by atoms with Crippen molar-refractivity contribution >= 4 is 16.8 Å². The smallest absolute Gasteiger partial charge is 0.258 e. The van der Waals surface area contributed by atoms with Crippen molar-refractivity contribution in [3.05, 3.63) is 29.8 Å². The maximum atomic E-state index is 12.3. The molecule has 0 radical (unpaired) electrons. The predicted molar refractivity (Wildman–Crippen MR) is 33.1 cm³/mol. The average Bonchev–Trinajstić information content (AvgIpc) is 1.88. The van der Waals surface area contributed by atoms with Gasteiger partial charge in [-0.1, -0.05) is 0 Å². The zero-order chi connectivity index (χ0) is 7.56. The first-order valence-electron chi connectivity index (χ1n) is 2.56. The zero-order valence-corrected chi connectivity index (χ0v) is 6.79. The van der Waals surface area contributed by atoms with Crippen molar-refractivity contribution < 1.29 is 26.6 Å². The molecule has 0 spiro atoms. The summed E-state index contributed by atoms with van der Waals surface area (Å²) >= 11 is 5.05. The summed E-state index contributed by atoms with van der Waals surface area (Å²) in [6.07, 6.45) is 2.46. The third-order valence-electron chi connectivity index (χ3n) is 0.980. The summed E-state index contributed by atoms with van der Waals surface area (Å²) in [6, 6.07) is 1.06. The number of carbonyl (C=O) groups excluding carboxylic acids is 1. The predicted octanol–water partition coefficient (Wildman–Crippen LogP) is -1.98. The number of rotatable bonds is 1. The number of aromatic nitrogens is 1. The molecule has 0 unspecified atom stereocenters. The van der Waals surface area contributed by atoms with Crippen LogP contribution in [0.25, 0.3) is 0 Å². The van der Waals surface area contributed by atoms with E-state index in [0.29, 0.717) is 0 Å². The van der Waals surface area contributed by atoms with Crippen molar-refractivity contribution in [2.24, 2.45) is 0 Å². The van der Waals surface area contributed by atoms with E-state index in [2.05, 4.69) is 4.98 Å². The average molecular weight is 196 g/mol. The first-order chi connectivity index (χ1) is 4.70. The van der Waals surface area contributed by atoms with Gasteiger partial charge in [-0.15, -0.1) is 0 Å². The van der Waals surface area contributed by atoms with Gasteiger partial charge in [0.05, 0.1) is 0 Å². The molecule has 0 aromatic carbocycles. The van der Waals surface area contributed by atoms with Crippen LogP contribution in [0.15, 0.2) is 18.5 Å². The standard InChI is InChI=1S/C6H3ClFNO.ClH/c7-6(10)4-1-5(8)3-9-2-4;/h1-3H;1H. The van der Waals surface area contributed by atoms with Crippen LogP contribution in [0.3, 0.4) is 0 Å². The molecule has 5 heteroatoms. The van der Waals surface area contributed by atoms with E-state index in [4.69, 9.17) is 11.6 Å². The number of hydrogen-bond acceptors (Lipinski definition) is 1. The molecule has 2 nitrogen and oxygen atoms in total. The molecule has 1 rings (SSSR count). The molecule has 60 valence electrons. The van der Waals surface area contributed by atoms with Gasteiger partial charge in [0.15, 0.2) is 12.0 Å². The van der Waals surface area contributed by atoms with E-state index in [-0.39, 0.29) is 18.0 Å². The zero-order valence-electron chi connectivity index (χ0n) is 5.27. The quantitative estimate of drug-likeness (QED) is 0.479. The number of pyridine rings is 1. The van der Waals surface area contributed by atoms with Crippen LogP contribution in [0, 0.1) is 5.82 Å². The first kappa shape index (κ1) is 10.3. The number of aromatic amines is 1. The summed E-state index contributed by atoms with van der Waals surface area (Å²) in [6.45, 7) is 0. The van der Waals surface area contributed by atoms with E-state index in [0.717, 1.165) is 12.3 Å². The summed E-state index contributed by atoms with van der Waals surface area (Å²) in [7, 11) is 0. The highest BCUT2D eigenvalue weighted by atomic mass is 35.5. The van der Waals surface area contributed by atoms with Gasteiger partial charge in [0.25, 0.3) is 5.24 Å². The largest absolute Gasteiger partial charge is 1.00 e. The molecule has 0 aliphatic rings. The Kier molecular flexibility index (Phi) is 4.00. The number of carbonyl (C=O) groups is 1. The number of nitrogens with one attached hydrogen (secondary N) is 1. The molecule has 1 N–H and O–H groups in total. The lowest BCUT2D eigenvalue weighted by Crippen LogP contribution is -3.00. The van der Waals surface area contributed by atoms with Gasteiger partial charge in [0, 0.05) is 0 Å². The van der Waals surface area contributed by atoms with E-state index in [1.54, 1.807) is 0 Å². The summed E-state index contributed by atoms with van der Waals surface area (Å²) in [5, 5.41) is -0.671. The van der Waals surface area contributed by atoms with E-state index < -0.39 is 11.1 Å². The normalized spacial score (nSPS) is 8.55. The molecule has 0 saturated carbocycles. The van der Waals surface area contributed by atoms with Crippen LogP contribution in [-0.4, -0.2) is 5.24 Å². The third-order valence-corrected chi connectivity index (χ3v) is 1.20. The highest BCUT2D eigenvalue weighted by Crippen LogP contribution is 2.01. The van der Waals surface area contributed by atoms with Gasteiger partial charge < -0.3 is 12.4 Å². The Labute approximate surface area is 73.8 Å². The van der Waals surface area contributed by atoms with Crippen LogP contribution in [0.5, 0.6) is 0 Å². The summed E-state index contributed by atoms with van der Waals surface area (Å²) in [5.41, 5.74) is 0.127. The number of hydrogen-bond donors (Lipinski definition) is 0. The minimum Gasteiger partial charge on any atom is -1.00 e. The molecule has 0 aliphatic carbocycles. The fourth-order valence-corrected chi connectivity index (χ4v) is 0.666. The second-order valence-electron chi connectivity index (χ2n) is 1.71. The van der Waals surface area contributed by atoms with Gasteiger partial charge in [-0.2, -0.15) is 0 Å². The second kappa shape index (κ2) is 4.26. The first-order valence-corrected chi connectivity index (χ1v) is 2.94.